The minimum Gasteiger partial charge on any atom is -0.478 e. The molecule has 0 atom stereocenters. The van der Waals surface area contributed by atoms with Crippen molar-refractivity contribution < 1.29 is 14.3 Å². The number of aromatic carboxylic acids is 1. The summed E-state index contributed by atoms with van der Waals surface area (Å²) in [4.78, 5) is 10.7. The first-order valence-electron chi connectivity index (χ1n) is 4.63. The molecule has 1 N–H and O–H groups in total. The Balaban J connectivity index is 2.49. The van der Waals surface area contributed by atoms with Gasteiger partial charge in [-0.05, 0) is 42.9 Å². The van der Waals surface area contributed by atoms with Crippen LogP contribution in [0, 0.1) is 12.7 Å². The zero-order valence-electron chi connectivity index (χ0n) is 7.88. The molecule has 1 aliphatic rings. The van der Waals surface area contributed by atoms with Crippen LogP contribution in [0.25, 0.3) is 0 Å². The second-order valence-corrected chi connectivity index (χ2v) is 3.77. The van der Waals surface area contributed by atoms with Gasteiger partial charge in [0.15, 0.2) is 0 Å². The van der Waals surface area contributed by atoms with E-state index in [1.54, 1.807) is 13.0 Å². The van der Waals surface area contributed by atoms with Crippen molar-refractivity contribution in [2.45, 2.75) is 25.7 Å². The van der Waals surface area contributed by atoms with Crippen LogP contribution in [-0.2, 0) is 0 Å². The van der Waals surface area contributed by atoms with Gasteiger partial charge in [0.1, 0.15) is 5.82 Å². The van der Waals surface area contributed by atoms with E-state index in [2.05, 4.69) is 0 Å². The summed E-state index contributed by atoms with van der Waals surface area (Å²) in [6.07, 6.45) is 2.18. The van der Waals surface area contributed by atoms with E-state index >= 15 is 0 Å². The van der Waals surface area contributed by atoms with Crippen LogP contribution in [0.5, 0.6) is 0 Å². The van der Waals surface area contributed by atoms with Gasteiger partial charge in [0.2, 0.25) is 0 Å². The van der Waals surface area contributed by atoms with Crippen molar-refractivity contribution in [2.75, 3.05) is 0 Å². The molecule has 1 saturated carbocycles. The molecule has 0 amide bonds. The molecule has 74 valence electrons. The topological polar surface area (TPSA) is 37.3 Å². The minimum absolute atomic E-state index is 0.200. The number of carboxylic acid groups (broad SMARTS) is 1. The lowest BCUT2D eigenvalue weighted by molar-refractivity contribution is 0.0691. The summed E-state index contributed by atoms with van der Waals surface area (Å²) in [6, 6.07) is 3.14. The van der Waals surface area contributed by atoms with Crippen molar-refractivity contribution in [3.8, 4) is 0 Å². The Kier molecular flexibility index (Phi) is 2.02. The number of rotatable bonds is 2. The zero-order chi connectivity index (χ0) is 10.3. The van der Waals surface area contributed by atoms with Crippen LogP contribution in [0.15, 0.2) is 12.1 Å². The summed E-state index contributed by atoms with van der Waals surface area (Å²) in [5, 5.41) is 8.75. The maximum atomic E-state index is 13.4. The normalized spacial score (nSPS) is 15.6. The first-order valence-corrected chi connectivity index (χ1v) is 4.63. The molecule has 0 aromatic heterocycles. The maximum absolute atomic E-state index is 13.4. The van der Waals surface area contributed by atoms with Gasteiger partial charge in [-0.3, -0.25) is 0 Å². The van der Waals surface area contributed by atoms with Crippen molar-refractivity contribution in [1.29, 1.82) is 0 Å². The fourth-order valence-corrected chi connectivity index (χ4v) is 1.69. The van der Waals surface area contributed by atoms with Gasteiger partial charge in [-0.25, -0.2) is 9.18 Å². The lowest BCUT2D eigenvalue weighted by Crippen LogP contribution is -2.04. The van der Waals surface area contributed by atoms with E-state index in [1.807, 2.05) is 0 Å². The summed E-state index contributed by atoms with van der Waals surface area (Å²) < 4.78 is 13.4. The summed E-state index contributed by atoms with van der Waals surface area (Å²) in [5.41, 5.74) is 1.25. The molecule has 14 heavy (non-hydrogen) atoms. The van der Waals surface area contributed by atoms with Gasteiger partial charge in [0, 0.05) is 0 Å². The first kappa shape index (κ1) is 9.19. The second-order valence-electron chi connectivity index (χ2n) is 3.77. The summed E-state index contributed by atoms with van der Waals surface area (Å²) in [5.74, 6) is -1.35. The average Bonchev–Trinajstić information content (AvgIpc) is 2.83. The molecule has 1 aliphatic carbocycles. The van der Waals surface area contributed by atoms with E-state index in [1.165, 1.54) is 6.07 Å². The highest BCUT2D eigenvalue weighted by molar-refractivity contribution is 5.89. The van der Waals surface area contributed by atoms with Crippen molar-refractivity contribution >= 4 is 5.97 Å². The average molecular weight is 194 g/mol. The Morgan fingerprint density at radius 1 is 1.50 bits per heavy atom. The van der Waals surface area contributed by atoms with Crippen molar-refractivity contribution in [2.24, 2.45) is 0 Å². The smallest absolute Gasteiger partial charge is 0.338 e. The van der Waals surface area contributed by atoms with Crippen molar-refractivity contribution in [3.05, 3.63) is 34.6 Å². The molecule has 1 fully saturated rings. The molecule has 3 heteroatoms. The summed E-state index contributed by atoms with van der Waals surface area (Å²) in [7, 11) is 0. The monoisotopic (exact) mass is 194 g/mol. The third-order valence-corrected chi connectivity index (χ3v) is 2.57. The van der Waals surface area contributed by atoms with Crippen LogP contribution >= 0.6 is 0 Å². The number of aryl methyl sites for hydroxylation is 1. The molecule has 0 unspecified atom stereocenters. The van der Waals surface area contributed by atoms with Gasteiger partial charge in [-0.15, -0.1) is 0 Å². The molecule has 1 aromatic rings. The van der Waals surface area contributed by atoms with E-state index in [0.29, 0.717) is 11.5 Å². The predicted molar refractivity (Wildman–Crippen MR) is 50.1 cm³/mol. The molecule has 1 aromatic carbocycles. The standard InChI is InChI=1S/C11H11FO2/c1-6-4-8(7-2-3-7)5-9(12)10(6)11(13)14/h4-5,7H,2-3H2,1H3,(H,13,14). The quantitative estimate of drug-likeness (QED) is 0.785. The number of benzene rings is 1. The number of carbonyl (C=O) groups is 1. The van der Waals surface area contributed by atoms with E-state index < -0.39 is 11.8 Å². The summed E-state index contributed by atoms with van der Waals surface area (Å²) in [6.45, 7) is 1.64. The van der Waals surface area contributed by atoms with Crippen LogP contribution in [-0.4, -0.2) is 11.1 Å². The number of halogens is 1. The van der Waals surface area contributed by atoms with Gasteiger partial charge in [-0.1, -0.05) is 6.07 Å². The highest BCUT2D eigenvalue weighted by Crippen LogP contribution is 2.40. The van der Waals surface area contributed by atoms with Gasteiger partial charge >= 0.3 is 5.97 Å². The fraction of sp³-hybridized carbons (Fsp3) is 0.364. The molecule has 0 aliphatic heterocycles. The lowest BCUT2D eigenvalue weighted by atomic mass is 10.0. The predicted octanol–water partition coefficient (Wildman–Crippen LogP) is 2.71. The largest absolute Gasteiger partial charge is 0.478 e. The second kappa shape index (κ2) is 3.08. The van der Waals surface area contributed by atoms with E-state index in [9.17, 15) is 9.18 Å². The van der Waals surface area contributed by atoms with Crippen LogP contribution in [0.3, 0.4) is 0 Å². The van der Waals surface area contributed by atoms with Crippen molar-refractivity contribution in [1.82, 2.24) is 0 Å². The molecule has 0 heterocycles. The van der Waals surface area contributed by atoms with Crippen LogP contribution in [0.2, 0.25) is 0 Å². The third kappa shape index (κ3) is 1.50. The maximum Gasteiger partial charge on any atom is 0.338 e. The molecule has 0 radical (unpaired) electrons. The zero-order valence-corrected chi connectivity index (χ0v) is 7.88. The van der Waals surface area contributed by atoms with Gasteiger partial charge in [0.05, 0.1) is 5.56 Å². The minimum atomic E-state index is -1.19. The fourth-order valence-electron chi connectivity index (χ4n) is 1.69. The molecule has 0 bridgehead atoms. The molecular formula is C11H11FO2. The Bertz CT molecular complexity index is 371. The Morgan fingerprint density at radius 3 is 2.57 bits per heavy atom. The Morgan fingerprint density at radius 2 is 2.14 bits per heavy atom. The highest BCUT2D eigenvalue weighted by Gasteiger charge is 2.26. The van der Waals surface area contributed by atoms with Crippen LogP contribution in [0.4, 0.5) is 4.39 Å². The third-order valence-electron chi connectivity index (χ3n) is 2.57. The van der Waals surface area contributed by atoms with Gasteiger partial charge < -0.3 is 5.11 Å². The number of hydrogen-bond donors (Lipinski definition) is 1. The molecular weight excluding hydrogens is 183 g/mol. The number of hydrogen-bond acceptors (Lipinski definition) is 1. The Labute approximate surface area is 81.4 Å². The van der Waals surface area contributed by atoms with Crippen LogP contribution < -0.4 is 0 Å². The summed E-state index contributed by atoms with van der Waals surface area (Å²) >= 11 is 0. The first-order chi connectivity index (χ1) is 6.59. The molecule has 2 nitrogen and oxygen atoms in total. The van der Waals surface area contributed by atoms with Gasteiger partial charge in [-0.2, -0.15) is 0 Å². The van der Waals surface area contributed by atoms with E-state index in [-0.39, 0.29) is 5.56 Å². The molecule has 2 rings (SSSR count). The molecule has 0 saturated heterocycles. The van der Waals surface area contributed by atoms with E-state index in [0.717, 1.165) is 18.4 Å². The SMILES string of the molecule is Cc1cc(C2CC2)cc(F)c1C(=O)O. The van der Waals surface area contributed by atoms with Crippen molar-refractivity contribution in [3.63, 3.8) is 0 Å². The highest BCUT2D eigenvalue weighted by atomic mass is 19.1. The Hall–Kier alpha value is -1.38. The van der Waals surface area contributed by atoms with E-state index in [4.69, 9.17) is 5.11 Å². The van der Waals surface area contributed by atoms with Crippen LogP contribution in [0.1, 0.15) is 40.2 Å². The lowest BCUT2D eigenvalue weighted by Gasteiger charge is -2.05. The number of carboxylic acids is 1. The molecule has 0 spiro atoms. The van der Waals surface area contributed by atoms with Gasteiger partial charge in [0.25, 0.3) is 0 Å².